The molecule has 7 nitrogen and oxygen atoms in total. The summed E-state index contributed by atoms with van der Waals surface area (Å²) < 4.78 is 5.11. The number of carboxylic acid groups (broad SMARTS) is 1. The van der Waals surface area contributed by atoms with Crippen LogP contribution in [0, 0.1) is 5.92 Å². The zero-order valence-electron chi connectivity index (χ0n) is 12.6. The second kappa shape index (κ2) is 7.23. The highest BCUT2D eigenvalue weighted by Gasteiger charge is 2.26. The van der Waals surface area contributed by atoms with Crippen molar-refractivity contribution in [2.45, 2.75) is 58.7 Å². The Morgan fingerprint density at radius 1 is 1.25 bits per heavy atom. The Morgan fingerprint density at radius 2 is 1.75 bits per heavy atom. The molecular formula is C13H24N2O5. The van der Waals surface area contributed by atoms with Gasteiger partial charge in [0.05, 0.1) is 12.0 Å². The first kappa shape index (κ1) is 18.4. The van der Waals surface area contributed by atoms with Gasteiger partial charge in [-0.3, -0.25) is 9.59 Å². The van der Waals surface area contributed by atoms with Gasteiger partial charge in [0.2, 0.25) is 5.91 Å². The number of carboxylic acids is 1. The molecule has 0 aromatic carbocycles. The standard InChI is InChI=1S/C13H24N2O5/c1-7(11(17)18)6-9(14)10(16)15-8(2)12(19)20-13(3,4)5/h7-9H,6,14H2,1-5H3,(H,15,16)(H,17,18)/t7-,8-,9?/m0/s1. The van der Waals surface area contributed by atoms with E-state index >= 15 is 0 Å². The molecule has 0 radical (unpaired) electrons. The second-order valence-electron chi connectivity index (χ2n) is 5.85. The van der Waals surface area contributed by atoms with Gasteiger partial charge in [-0.05, 0) is 34.1 Å². The monoisotopic (exact) mass is 288 g/mol. The number of rotatable bonds is 6. The number of ether oxygens (including phenoxy) is 1. The van der Waals surface area contributed by atoms with Crippen LogP contribution in [0.25, 0.3) is 0 Å². The van der Waals surface area contributed by atoms with E-state index in [1.54, 1.807) is 20.8 Å². The van der Waals surface area contributed by atoms with Crippen LogP contribution in [-0.2, 0) is 19.1 Å². The molecule has 0 fully saturated rings. The lowest BCUT2D eigenvalue weighted by atomic mass is 10.0. The molecule has 0 bridgehead atoms. The van der Waals surface area contributed by atoms with Crippen LogP contribution in [0.5, 0.6) is 0 Å². The van der Waals surface area contributed by atoms with Gasteiger partial charge in [-0.2, -0.15) is 0 Å². The average molecular weight is 288 g/mol. The fourth-order valence-electron chi connectivity index (χ4n) is 1.36. The molecule has 7 heteroatoms. The fourth-order valence-corrected chi connectivity index (χ4v) is 1.36. The van der Waals surface area contributed by atoms with E-state index in [0.29, 0.717) is 0 Å². The number of hydrogen-bond acceptors (Lipinski definition) is 5. The van der Waals surface area contributed by atoms with Crippen LogP contribution in [-0.4, -0.2) is 40.6 Å². The van der Waals surface area contributed by atoms with Crippen molar-refractivity contribution in [3.63, 3.8) is 0 Å². The minimum atomic E-state index is -1.02. The number of nitrogens with two attached hydrogens (primary N) is 1. The number of hydrogen-bond donors (Lipinski definition) is 3. The predicted octanol–water partition coefficient (Wildman–Crippen LogP) is 0.271. The van der Waals surface area contributed by atoms with Crippen molar-refractivity contribution in [1.82, 2.24) is 5.32 Å². The number of esters is 1. The van der Waals surface area contributed by atoms with Crippen molar-refractivity contribution in [3.05, 3.63) is 0 Å². The maximum Gasteiger partial charge on any atom is 0.328 e. The van der Waals surface area contributed by atoms with Crippen molar-refractivity contribution in [1.29, 1.82) is 0 Å². The molecule has 20 heavy (non-hydrogen) atoms. The van der Waals surface area contributed by atoms with E-state index < -0.39 is 41.4 Å². The van der Waals surface area contributed by atoms with Crippen molar-refractivity contribution < 1.29 is 24.2 Å². The third-order valence-corrected chi connectivity index (χ3v) is 2.48. The van der Waals surface area contributed by atoms with Crippen LogP contribution in [0.2, 0.25) is 0 Å². The molecule has 0 aliphatic carbocycles. The van der Waals surface area contributed by atoms with Gasteiger partial charge in [-0.1, -0.05) is 6.92 Å². The zero-order chi connectivity index (χ0) is 16.1. The summed E-state index contributed by atoms with van der Waals surface area (Å²) >= 11 is 0. The molecule has 0 saturated carbocycles. The summed E-state index contributed by atoms with van der Waals surface area (Å²) in [5.74, 6) is -2.89. The summed E-state index contributed by atoms with van der Waals surface area (Å²) in [6.45, 7) is 8.12. The number of amides is 1. The Labute approximate surface area is 118 Å². The third kappa shape index (κ3) is 7.08. The smallest absolute Gasteiger partial charge is 0.328 e. The Kier molecular flexibility index (Phi) is 6.64. The summed E-state index contributed by atoms with van der Waals surface area (Å²) in [5.41, 5.74) is 4.96. The Hall–Kier alpha value is -1.63. The van der Waals surface area contributed by atoms with Gasteiger partial charge in [0, 0.05) is 0 Å². The number of carbonyl (C=O) groups is 3. The second-order valence-corrected chi connectivity index (χ2v) is 5.85. The SMILES string of the molecule is C[C@H](NC(=O)C(N)C[C@H](C)C(=O)O)C(=O)OC(C)(C)C. The summed E-state index contributed by atoms with van der Waals surface area (Å²) in [4.78, 5) is 34.1. The molecule has 0 spiro atoms. The zero-order valence-corrected chi connectivity index (χ0v) is 12.6. The largest absolute Gasteiger partial charge is 0.481 e. The van der Waals surface area contributed by atoms with Gasteiger partial charge in [0.1, 0.15) is 11.6 Å². The molecule has 1 unspecified atom stereocenters. The van der Waals surface area contributed by atoms with Crippen LogP contribution < -0.4 is 11.1 Å². The van der Waals surface area contributed by atoms with Crippen LogP contribution >= 0.6 is 0 Å². The van der Waals surface area contributed by atoms with E-state index in [4.69, 9.17) is 15.6 Å². The van der Waals surface area contributed by atoms with Crippen LogP contribution in [0.4, 0.5) is 0 Å². The molecule has 0 aromatic heterocycles. The highest BCUT2D eigenvalue weighted by atomic mass is 16.6. The van der Waals surface area contributed by atoms with E-state index in [1.807, 2.05) is 0 Å². The minimum absolute atomic E-state index is 0.00219. The molecule has 4 N–H and O–H groups in total. The molecule has 0 aliphatic heterocycles. The van der Waals surface area contributed by atoms with Gasteiger partial charge in [-0.25, -0.2) is 4.79 Å². The van der Waals surface area contributed by atoms with Crippen molar-refractivity contribution in [3.8, 4) is 0 Å². The van der Waals surface area contributed by atoms with Gasteiger partial charge in [-0.15, -0.1) is 0 Å². The van der Waals surface area contributed by atoms with Gasteiger partial charge >= 0.3 is 11.9 Å². The molecule has 1 amide bonds. The normalized spacial score (nSPS) is 15.9. The Morgan fingerprint density at radius 3 is 2.15 bits per heavy atom. The van der Waals surface area contributed by atoms with E-state index in [0.717, 1.165) is 0 Å². The lowest BCUT2D eigenvalue weighted by molar-refractivity contribution is -0.158. The molecule has 0 aromatic rings. The predicted molar refractivity (Wildman–Crippen MR) is 72.8 cm³/mol. The molecule has 0 rings (SSSR count). The van der Waals surface area contributed by atoms with Gasteiger partial charge in [0.25, 0.3) is 0 Å². The quantitative estimate of drug-likeness (QED) is 0.604. The lowest BCUT2D eigenvalue weighted by Crippen LogP contribution is -2.49. The van der Waals surface area contributed by atoms with Crippen LogP contribution in [0.15, 0.2) is 0 Å². The van der Waals surface area contributed by atoms with Crippen molar-refractivity contribution in [2.75, 3.05) is 0 Å². The summed E-state index contributed by atoms with van der Waals surface area (Å²) in [6.07, 6.45) is 0.00219. The Bertz CT molecular complexity index is 375. The number of carbonyl (C=O) groups excluding carboxylic acids is 2. The fraction of sp³-hybridized carbons (Fsp3) is 0.769. The lowest BCUT2D eigenvalue weighted by Gasteiger charge is -2.23. The first-order valence-corrected chi connectivity index (χ1v) is 6.45. The number of aliphatic carboxylic acids is 1. The minimum Gasteiger partial charge on any atom is -0.481 e. The first-order chi connectivity index (χ1) is 8.94. The molecular weight excluding hydrogens is 264 g/mol. The highest BCUT2D eigenvalue weighted by Crippen LogP contribution is 2.09. The summed E-state index contributed by atoms with van der Waals surface area (Å²) in [7, 11) is 0. The topological polar surface area (TPSA) is 119 Å². The highest BCUT2D eigenvalue weighted by molar-refractivity contribution is 5.87. The maximum absolute atomic E-state index is 11.7. The average Bonchev–Trinajstić information content (AvgIpc) is 2.25. The van der Waals surface area contributed by atoms with Crippen LogP contribution in [0.3, 0.4) is 0 Å². The van der Waals surface area contributed by atoms with Gasteiger partial charge < -0.3 is 20.9 Å². The number of nitrogens with one attached hydrogen (secondary N) is 1. The molecule has 116 valence electrons. The van der Waals surface area contributed by atoms with E-state index in [9.17, 15) is 14.4 Å². The van der Waals surface area contributed by atoms with Crippen molar-refractivity contribution in [2.24, 2.45) is 11.7 Å². The maximum atomic E-state index is 11.7. The Balaban J connectivity index is 4.38. The molecule has 0 saturated heterocycles. The summed E-state index contributed by atoms with van der Waals surface area (Å²) in [5, 5.41) is 11.2. The summed E-state index contributed by atoms with van der Waals surface area (Å²) in [6, 6.07) is -1.82. The van der Waals surface area contributed by atoms with Crippen LogP contribution in [0.1, 0.15) is 41.0 Å². The van der Waals surface area contributed by atoms with E-state index in [1.165, 1.54) is 13.8 Å². The first-order valence-electron chi connectivity index (χ1n) is 6.45. The molecule has 0 aliphatic rings. The molecule has 0 heterocycles. The third-order valence-electron chi connectivity index (χ3n) is 2.48. The van der Waals surface area contributed by atoms with E-state index in [-0.39, 0.29) is 6.42 Å². The molecule has 3 atom stereocenters. The van der Waals surface area contributed by atoms with Gasteiger partial charge in [0.15, 0.2) is 0 Å². The van der Waals surface area contributed by atoms with Crippen molar-refractivity contribution >= 4 is 17.8 Å². The van der Waals surface area contributed by atoms with E-state index in [2.05, 4.69) is 5.32 Å².